The molecule has 0 aliphatic carbocycles. The quantitative estimate of drug-likeness (QED) is 0.0999. The van der Waals surface area contributed by atoms with E-state index in [9.17, 15) is 47.2 Å². The number of anilines is 1. The second-order valence-electron chi connectivity index (χ2n) is 8.65. The van der Waals surface area contributed by atoms with Crippen LogP contribution in [0, 0.1) is 6.92 Å². The fraction of sp³-hybridized carbons (Fsp3) is 0.467. The Morgan fingerprint density at radius 3 is 1.92 bits per heavy atom. The minimum Gasteiger partial charge on any atom is -0.391 e. The summed E-state index contributed by atoms with van der Waals surface area (Å²) in [5.41, 5.74) is 3.94. The summed E-state index contributed by atoms with van der Waals surface area (Å²) in [5.74, 6) is 0.169. The second kappa shape index (κ2) is 17.2. The van der Waals surface area contributed by atoms with E-state index in [4.69, 9.17) is 49.8 Å². The number of hydrogen-bond acceptors (Lipinski definition) is 17. The molecule has 48 heavy (non-hydrogen) atoms. The number of hydrogen-bond donors (Lipinski definition) is 13. The van der Waals surface area contributed by atoms with E-state index < -0.39 is 81.1 Å². The van der Waals surface area contributed by atoms with Gasteiger partial charge in [-0.2, -0.15) is 12.9 Å². The van der Waals surface area contributed by atoms with Crippen LogP contribution >= 0.6 is 39.1 Å². The summed E-state index contributed by atoms with van der Waals surface area (Å²) < 4.78 is 73.5. The number of rotatable bonds is 11. The number of aryl methyl sites for hydroxylation is 1. The molecule has 0 aromatic carbocycles. The number of nitrogens with one attached hydrogen (secondary N) is 2. The topological polar surface area (TPSA) is 460 Å². The molecule has 2 aromatic heterocycles. The van der Waals surface area contributed by atoms with Crippen molar-refractivity contribution in [3.05, 3.63) is 54.8 Å². The monoisotopic (exact) mass is 801 g/mol. The minimum atomic E-state index is -5.67. The molecule has 28 nitrogen and oxygen atoms in total. The molecule has 0 bridgehead atoms. The highest BCUT2D eigenvalue weighted by molar-refractivity contribution is 7.66. The predicted octanol–water partition coefficient (Wildman–Crippen LogP) is -3.13. The van der Waals surface area contributed by atoms with Gasteiger partial charge in [-0.1, -0.05) is 0 Å². The molecule has 0 radical (unpaired) electrons. The van der Waals surface area contributed by atoms with Crippen LogP contribution in [0.4, 0.5) is 5.82 Å². The first-order valence-electron chi connectivity index (χ1n) is 11.7. The number of phosphoric acid groups is 5. The molecule has 2 unspecified atom stereocenters. The van der Waals surface area contributed by atoms with Crippen molar-refractivity contribution < 1.29 is 94.4 Å². The SMILES string of the molecule is Cc1cn([C@H]2C[C@H](O)[C@@H](COP(=O)(O)OP(=O)(O)OP(=O)(O)O)O2)c(=O)[nH]c1=O.Nc1[nH]c(=O)ncc1CO.O=P(O)(O)OP(=O)(O)O. The second-order valence-corrected chi connectivity index (χ2v) is 15.7. The summed E-state index contributed by atoms with van der Waals surface area (Å²) in [6, 6.07) is 0. The first kappa shape index (κ1) is 43.9. The fourth-order valence-electron chi connectivity index (χ4n) is 3.01. The minimum absolute atomic E-state index is 0.169. The number of nitrogen functional groups attached to an aromatic ring is 1. The number of aliphatic hydroxyl groups excluding tert-OH is 2. The Morgan fingerprint density at radius 1 is 0.917 bits per heavy atom. The van der Waals surface area contributed by atoms with E-state index in [0.717, 1.165) is 4.57 Å². The third kappa shape index (κ3) is 17.0. The maximum atomic E-state index is 11.9. The largest absolute Gasteiger partial charge is 0.490 e. The van der Waals surface area contributed by atoms with Crippen LogP contribution in [0.3, 0.4) is 0 Å². The Labute approximate surface area is 264 Å². The van der Waals surface area contributed by atoms with Crippen molar-refractivity contribution in [1.29, 1.82) is 0 Å². The van der Waals surface area contributed by atoms with Gasteiger partial charge in [0.25, 0.3) is 5.56 Å². The van der Waals surface area contributed by atoms with Crippen LogP contribution in [-0.2, 0) is 51.6 Å². The zero-order valence-electron chi connectivity index (χ0n) is 23.5. The average Bonchev–Trinajstić information content (AvgIpc) is 3.21. The lowest BCUT2D eigenvalue weighted by Gasteiger charge is -2.19. The van der Waals surface area contributed by atoms with Crippen LogP contribution in [0.25, 0.3) is 0 Å². The molecule has 3 heterocycles. The Bertz CT molecular complexity index is 1800. The van der Waals surface area contributed by atoms with Gasteiger partial charge in [0.2, 0.25) is 0 Å². The van der Waals surface area contributed by atoms with Crippen LogP contribution in [0.2, 0.25) is 0 Å². The molecule has 0 saturated carbocycles. The summed E-state index contributed by atoms with van der Waals surface area (Å²) >= 11 is 0. The fourth-order valence-corrected chi connectivity index (χ4v) is 7.14. The molecular formula is C15H28N5O23P5. The van der Waals surface area contributed by atoms with E-state index in [1.54, 1.807) is 0 Å². The summed E-state index contributed by atoms with van der Waals surface area (Å²) in [7, 11) is -26.7. The van der Waals surface area contributed by atoms with Crippen molar-refractivity contribution in [3.8, 4) is 0 Å². The molecule has 33 heteroatoms. The van der Waals surface area contributed by atoms with Gasteiger partial charge in [0, 0.05) is 29.9 Å². The Kier molecular flexibility index (Phi) is 15.8. The number of phosphoric ester groups is 1. The molecule has 14 N–H and O–H groups in total. The normalized spacial score (nSPS) is 20.8. The zero-order chi connectivity index (χ0) is 37.5. The number of aromatic nitrogens is 4. The number of aliphatic hydroxyl groups is 2. The molecule has 1 aliphatic heterocycles. The van der Waals surface area contributed by atoms with Crippen LogP contribution in [0.15, 0.2) is 26.8 Å². The first-order valence-corrected chi connectivity index (χ1v) is 19.3. The number of ether oxygens (including phenoxy) is 1. The molecule has 1 aliphatic rings. The number of nitrogens with two attached hydrogens (primary N) is 1. The molecule has 0 spiro atoms. The van der Waals surface area contributed by atoms with Crippen molar-refractivity contribution in [3.63, 3.8) is 0 Å². The standard InChI is InChI=1S/C10H17N2O14P3.C5H7N3O2.H4O7P2/c1-5-3-12(10(15)11-9(5)14)8-2-6(13)7(24-8)4-23-28(19,20)26-29(21,22)25-27(16,17)18;6-4-3(2-9)1-7-5(10)8-4;1-8(2,3)7-9(4,5)6/h3,6-8,13H,2,4H2,1H3,(H,19,20)(H,21,22)(H,11,14,15)(H2,16,17,18);1,9H,2H2,(H3,6,7,8,10);(H2,1,2,3)(H2,4,5,6)/t6-,7+,8+;;/m0../s1. The van der Waals surface area contributed by atoms with Gasteiger partial charge in [0.1, 0.15) is 18.1 Å². The lowest BCUT2D eigenvalue weighted by molar-refractivity contribution is -0.0450. The van der Waals surface area contributed by atoms with Gasteiger partial charge in [-0.05, 0) is 6.92 Å². The lowest BCUT2D eigenvalue weighted by Crippen LogP contribution is -2.33. The van der Waals surface area contributed by atoms with Crippen LogP contribution < -0.4 is 22.7 Å². The van der Waals surface area contributed by atoms with Crippen molar-refractivity contribution in [2.24, 2.45) is 0 Å². The molecule has 5 atom stereocenters. The molecular weight excluding hydrogens is 773 g/mol. The molecule has 276 valence electrons. The first-order chi connectivity index (χ1) is 21.5. The van der Waals surface area contributed by atoms with Gasteiger partial charge in [-0.25, -0.2) is 37.4 Å². The predicted molar refractivity (Wildman–Crippen MR) is 151 cm³/mol. The zero-order valence-corrected chi connectivity index (χ0v) is 28.0. The summed E-state index contributed by atoms with van der Waals surface area (Å²) in [5, 5.41) is 18.5. The van der Waals surface area contributed by atoms with Gasteiger partial charge in [-0.15, -0.1) is 0 Å². The molecule has 0 amide bonds. The van der Waals surface area contributed by atoms with Gasteiger partial charge in [0.05, 0.1) is 19.3 Å². The van der Waals surface area contributed by atoms with E-state index in [0.29, 0.717) is 5.56 Å². The van der Waals surface area contributed by atoms with Crippen molar-refractivity contribution in [1.82, 2.24) is 19.5 Å². The molecule has 2 aromatic rings. The van der Waals surface area contributed by atoms with Crippen LogP contribution in [0.1, 0.15) is 23.8 Å². The van der Waals surface area contributed by atoms with E-state index in [1.165, 1.54) is 19.3 Å². The van der Waals surface area contributed by atoms with Crippen molar-refractivity contribution in [2.45, 2.75) is 38.4 Å². The van der Waals surface area contributed by atoms with Crippen molar-refractivity contribution in [2.75, 3.05) is 12.3 Å². The highest BCUT2D eigenvalue weighted by Gasteiger charge is 2.43. The summed E-state index contributed by atoms with van der Waals surface area (Å²) in [4.78, 5) is 108. The van der Waals surface area contributed by atoms with E-state index in [-0.39, 0.29) is 24.4 Å². The number of nitrogens with zero attached hydrogens (tertiary/aromatic N) is 2. The Balaban J connectivity index is 0.000000491. The third-order valence-corrected chi connectivity index (χ3v) is 10.3. The van der Waals surface area contributed by atoms with E-state index >= 15 is 0 Å². The van der Waals surface area contributed by atoms with Gasteiger partial charge in [0.15, 0.2) is 0 Å². The smallest absolute Gasteiger partial charge is 0.391 e. The van der Waals surface area contributed by atoms with E-state index in [2.05, 4.69) is 27.4 Å². The Morgan fingerprint density at radius 2 is 1.46 bits per heavy atom. The third-order valence-electron chi connectivity index (χ3n) is 4.79. The lowest BCUT2D eigenvalue weighted by atomic mass is 10.2. The van der Waals surface area contributed by atoms with Gasteiger partial charge in [-0.3, -0.25) is 23.9 Å². The number of H-pyrrole nitrogens is 2. The van der Waals surface area contributed by atoms with Crippen molar-refractivity contribution >= 4 is 44.9 Å². The van der Waals surface area contributed by atoms with Crippen LogP contribution in [-0.4, -0.2) is 87.7 Å². The molecule has 3 rings (SSSR count). The molecule has 1 saturated heterocycles. The Hall–Kier alpha value is -2.09. The summed E-state index contributed by atoms with van der Waals surface area (Å²) in [6.07, 6.45) is -1.43. The maximum absolute atomic E-state index is 11.9. The average molecular weight is 801 g/mol. The molecule has 1 fully saturated rings. The van der Waals surface area contributed by atoms with Gasteiger partial charge < -0.3 is 59.8 Å². The van der Waals surface area contributed by atoms with Gasteiger partial charge >= 0.3 is 50.5 Å². The number of aromatic amines is 2. The van der Waals surface area contributed by atoms with E-state index in [1.807, 2.05) is 4.98 Å². The maximum Gasteiger partial charge on any atom is 0.490 e. The highest BCUT2D eigenvalue weighted by atomic mass is 31.3. The summed E-state index contributed by atoms with van der Waals surface area (Å²) in [6.45, 7) is 0.334. The highest BCUT2D eigenvalue weighted by Crippen LogP contribution is 2.66. The van der Waals surface area contributed by atoms with Crippen LogP contribution in [0.5, 0.6) is 0 Å².